The summed E-state index contributed by atoms with van der Waals surface area (Å²) in [7, 11) is 0. The van der Waals surface area contributed by atoms with Crippen molar-refractivity contribution in [2.24, 2.45) is 5.92 Å². The van der Waals surface area contributed by atoms with Gasteiger partial charge < -0.3 is 0 Å². The summed E-state index contributed by atoms with van der Waals surface area (Å²) in [5.41, 5.74) is 0.785. The first-order valence-electron chi connectivity index (χ1n) is 7.49. The SMILES string of the molecule is CCCn1ncc(Br)c1C(=O)C1CCCCCCC1. The lowest BCUT2D eigenvalue weighted by Gasteiger charge is -2.19. The van der Waals surface area contributed by atoms with Crippen LogP contribution >= 0.6 is 15.9 Å². The molecule has 0 unspecified atom stereocenters. The number of carbonyl (C=O) groups excluding carboxylic acids is 1. The van der Waals surface area contributed by atoms with Crippen LogP contribution in [0.3, 0.4) is 0 Å². The van der Waals surface area contributed by atoms with Crippen molar-refractivity contribution in [3.8, 4) is 0 Å². The zero-order valence-corrected chi connectivity index (χ0v) is 13.3. The van der Waals surface area contributed by atoms with Crippen LogP contribution < -0.4 is 0 Å². The Labute approximate surface area is 123 Å². The zero-order chi connectivity index (χ0) is 13.7. The molecule has 1 aliphatic carbocycles. The molecule has 0 aromatic carbocycles. The Hall–Kier alpha value is -0.640. The van der Waals surface area contributed by atoms with E-state index in [9.17, 15) is 4.79 Å². The zero-order valence-electron chi connectivity index (χ0n) is 11.7. The third-order valence-corrected chi connectivity index (χ3v) is 4.52. The molecule has 0 amide bonds. The third kappa shape index (κ3) is 3.68. The summed E-state index contributed by atoms with van der Waals surface area (Å²) < 4.78 is 2.72. The van der Waals surface area contributed by atoms with Gasteiger partial charge in [0.1, 0.15) is 5.69 Å². The van der Waals surface area contributed by atoms with Crippen molar-refractivity contribution in [3.05, 3.63) is 16.4 Å². The number of aryl methyl sites for hydroxylation is 1. The molecule has 2 rings (SSSR count). The normalized spacial score (nSPS) is 18.0. The van der Waals surface area contributed by atoms with Crippen molar-refractivity contribution in [2.75, 3.05) is 0 Å². The molecule has 0 bridgehead atoms. The highest BCUT2D eigenvalue weighted by Gasteiger charge is 2.25. The van der Waals surface area contributed by atoms with Crippen LogP contribution in [0.5, 0.6) is 0 Å². The van der Waals surface area contributed by atoms with Crippen molar-refractivity contribution in [1.29, 1.82) is 0 Å². The highest BCUT2D eigenvalue weighted by atomic mass is 79.9. The molecule has 1 aliphatic rings. The van der Waals surface area contributed by atoms with E-state index >= 15 is 0 Å². The van der Waals surface area contributed by atoms with E-state index in [0.29, 0.717) is 5.78 Å². The van der Waals surface area contributed by atoms with Crippen LogP contribution in [0.1, 0.15) is 68.8 Å². The highest BCUT2D eigenvalue weighted by Crippen LogP contribution is 2.28. The van der Waals surface area contributed by atoms with Crippen LogP contribution in [0.15, 0.2) is 10.7 Å². The van der Waals surface area contributed by atoms with Gasteiger partial charge in [-0.05, 0) is 35.2 Å². The molecule has 106 valence electrons. The molecule has 1 aromatic rings. The molecule has 19 heavy (non-hydrogen) atoms. The van der Waals surface area contributed by atoms with Crippen LogP contribution in [-0.4, -0.2) is 15.6 Å². The van der Waals surface area contributed by atoms with Gasteiger partial charge in [0.25, 0.3) is 0 Å². The average molecular weight is 327 g/mol. The fourth-order valence-electron chi connectivity index (χ4n) is 2.90. The van der Waals surface area contributed by atoms with Gasteiger partial charge in [0.15, 0.2) is 5.78 Å². The minimum Gasteiger partial charge on any atom is -0.292 e. The van der Waals surface area contributed by atoms with Gasteiger partial charge in [-0.3, -0.25) is 9.48 Å². The summed E-state index contributed by atoms with van der Waals surface area (Å²) in [5, 5.41) is 4.31. The van der Waals surface area contributed by atoms with Crippen LogP contribution in [0.4, 0.5) is 0 Å². The van der Waals surface area contributed by atoms with Crippen LogP contribution in [-0.2, 0) is 6.54 Å². The quantitative estimate of drug-likeness (QED) is 0.758. The standard InChI is InChI=1S/C15H23BrN2O/c1-2-10-18-14(13(16)11-17-18)15(19)12-8-6-4-3-5-7-9-12/h11-12H,2-10H2,1H3. The monoisotopic (exact) mass is 326 g/mol. The molecule has 3 nitrogen and oxygen atoms in total. The van der Waals surface area contributed by atoms with E-state index in [4.69, 9.17) is 0 Å². The van der Waals surface area contributed by atoms with E-state index in [-0.39, 0.29) is 5.92 Å². The van der Waals surface area contributed by atoms with Crippen LogP contribution in [0.2, 0.25) is 0 Å². The largest absolute Gasteiger partial charge is 0.292 e. The molecule has 0 atom stereocenters. The van der Waals surface area contributed by atoms with E-state index in [2.05, 4.69) is 28.0 Å². The Morgan fingerprint density at radius 3 is 2.58 bits per heavy atom. The van der Waals surface area contributed by atoms with Gasteiger partial charge in [0.2, 0.25) is 0 Å². The second kappa shape index (κ2) is 7.22. The first-order valence-corrected chi connectivity index (χ1v) is 8.29. The smallest absolute Gasteiger partial charge is 0.185 e. The number of hydrogen-bond donors (Lipinski definition) is 0. The molecule has 0 radical (unpaired) electrons. The topological polar surface area (TPSA) is 34.9 Å². The van der Waals surface area contributed by atoms with Crippen LogP contribution in [0, 0.1) is 5.92 Å². The van der Waals surface area contributed by atoms with Crippen LogP contribution in [0.25, 0.3) is 0 Å². The lowest BCUT2D eigenvalue weighted by atomic mass is 9.87. The van der Waals surface area contributed by atoms with E-state index in [0.717, 1.165) is 36.0 Å². The molecular formula is C15H23BrN2O. The van der Waals surface area contributed by atoms with E-state index in [1.54, 1.807) is 6.20 Å². The lowest BCUT2D eigenvalue weighted by Crippen LogP contribution is -2.20. The lowest BCUT2D eigenvalue weighted by molar-refractivity contribution is 0.0886. The maximum absolute atomic E-state index is 12.8. The van der Waals surface area contributed by atoms with Crippen molar-refractivity contribution in [1.82, 2.24) is 9.78 Å². The molecule has 1 fully saturated rings. The van der Waals surface area contributed by atoms with Gasteiger partial charge in [0, 0.05) is 12.5 Å². The highest BCUT2D eigenvalue weighted by molar-refractivity contribution is 9.10. The molecule has 0 spiro atoms. The first-order chi connectivity index (χ1) is 9.24. The number of nitrogens with zero attached hydrogens (tertiary/aromatic N) is 2. The Kier molecular flexibility index (Phi) is 5.61. The second-order valence-electron chi connectivity index (χ2n) is 5.47. The number of ketones is 1. The Morgan fingerprint density at radius 2 is 1.95 bits per heavy atom. The van der Waals surface area contributed by atoms with Crippen molar-refractivity contribution in [2.45, 2.75) is 64.8 Å². The molecule has 1 heterocycles. The molecule has 0 N–H and O–H groups in total. The molecule has 4 heteroatoms. The molecule has 1 saturated carbocycles. The summed E-state index contributed by atoms with van der Waals surface area (Å²) in [4.78, 5) is 12.8. The number of Topliss-reactive ketones (excluding diaryl/α,β-unsaturated/α-hetero) is 1. The first kappa shape index (κ1) is 14.8. The fraction of sp³-hybridized carbons (Fsp3) is 0.733. The number of hydrogen-bond acceptors (Lipinski definition) is 2. The fourth-order valence-corrected chi connectivity index (χ4v) is 3.39. The predicted octanol–water partition coefficient (Wildman–Crippen LogP) is 4.60. The van der Waals surface area contributed by atoms with E-state index in [1.165, 1.54) is 32.1 Å². The Balaban J connectivity index is 2.14. The maximum atomic E-state index is 12.8. The number of aromatic nitrogens is 2. The van der Waals surface area contributed by atoms with Gasteiger partial charge in [-0.15, -0.1) is 0 Å². The molecule has 0 saturated heterocycles. The molecular weight excluding hydrogens is 304 g/mol. The van der Waals surface area contributed by atoms with E-state index < -0.39 is 0 Å². The summed E-state index contributed by atoms with van der Waals surface area (Å²) in [6, 6.07) is 0. The van der Waals surface area contributed by atoms with Gasteiger partial charge in [-0.25, -0.2) is 0 Å². The summed E-state index contributed by atoms with van der Waals surface area (Å²) in [6.07, 6.45) is 11.1. The van der Waals surface area contributed by atoms with Crippen molar-refractivity contribution >= 4 is 21.7 Å². The number of halogens is 1. The van der Waals surface area contributed by atoms with Crippen molar-refractivity contribution < 1.29 is 4.79 Å². The summed E-state index contributed by atoms with van der Waals surface area (Å²) in [5.74, 6) is 0.489. The Morgan fingerprint density at radius 1 is 1.32 bits per heavy atom. The van der Waals surface area contributed by atoms with E-state index in [1.807, 2.05) is 4.68 Å². The third-order valence-electron chi connectivity index (χ3n) is 3.94. The average Bonchev–Trinajstić information content (AvgIpc) is 2.70. The van der Waals surface area contributed by atoms with Gasteiger partial charge in [-0.2, -0.15) is 5.10 Å². The van der Waals surface area contributed by atoms with Gasteiger partial charge >= 0.3 is 0 Å². The number of carbonyl (C=O) groups is 1. The van der Waals surface area contributed by atoms with Gasteiger partial charge in [-0.1, -0.05) is 39.0 Å². The summed E-state index contributed by atoms with van der Waals surface area (Å²) >= 11 is 3.49. The predicted molar refractivity (Wildman–Crippen MR) is 80.4 cm³/mol. The van der Waals surface area contributed by atoms with Crippen molar-refractivity contribution in [3.63, 3.8) is 0 Å². The minimum absolute atomic E-state index is 0.198. The van der Waals surface area contributed by atoms with Gasteiger partial charge in [0.05, 0.1) is 10.7 Å². The molecule has 1 aromatic heterocycles. The number of rotatable bonds is 4. The Bertz CT molecular complexity index is 420. The minimum atomic E-state index is 0.198. The maximum Gasteiger partial charge on any atom is 0.185 e. The second-order valence-corrected chi connectivity index (χ2v) is 6.32. The summed E-state index contributed by atoms with van der Waals surface area (Å²) in [6.45, 7) is 2.93. The molecule has 0 aliphatic heterocycles.